The number of pyridine rings is 1. The lowest BCUT2D eigenvalue weighted by Gasteiger charge is -2.06. The van der Waals surface area contributed by atoms with E-state index in [1.807, 2.05) is 18.2 Å². The molecule has 17 heavy (non-hydrogen) atoms. The molecule has 5 heteroatoms. The summed E-state index contributed by atoms with van der Waals surface area (Å²) in [4.78, 5) is 4.59. The van der Waals surface area contributed by atoms with Gasteiger partial charge < -0.3 is 5.73 Å². The van der Waals surface area contributed by atoms with Crippen LogP contribution in [0, 0.1) is 0 Å². The van der Waals surface area contributed by atoms with Crippen LogP contribution < -0.4 is 5.73 Å². The van der Waals surface area contributed by atoms with E-state index in [1.54, 1.807) is 24.5 Å². The number of anilines is 1. The Morgan fingerprint density at radius 3 is 2.65 bits per heavy atom. The molecule has 1 heterocycles. The third-order valence-electron chi connectivity index (χ3n) is 2.27. The first kappa shape index (κ1) is 12.3. The molecule has 1 unspecified atom stereocenters. The molecule has 0 aliphatic rings. The van der Waals surface area contributed by atoms with Crippen LogP contribution in [0.4, 0.5) is 5.69 Å². The average Bonchev–Trinajstić information content (AvgIpc) is 2.33. The summed E-state index contributed by atoms with van der Waals surface area (Å²) in [7, 11) is -1.14. The van der Waals surface area contributed by atoms with Crippen LogP contribution in [0.25, 0.3) is 0 Å². The zero-order valence-electron chi connectivity index (χ0n) is 8.97. The second kappa shape index (κ2) is 5.42. The molecular weight excluding hydrogens is 300 g/mol. The molecule has 88 valence electrons. The summed E-state index contributed by atoms with van der Waals surface area (Å²) < 4.78 is 13.1. The van der Waals surface area contributed by atoms with E-state index >= 15 is 0 Å². The SMILES string of the molecule is Nc1ccc(Br)cc1S(=O)Cc1ccncc1. The fourth-order valence-electron chi connectivity index (χ4n) is 1.41. The van der Waals surface area contributed by atoms with Crippen molar-refractivity contribution in [2.75, 3.05) is 5.73 Å². The fraction of sp³-hybridized carbons (Fsp3) is 0.0833. The fourth-order valence-corrected chi connectivity index (χ4v) is 3.17. The Hall–Kier alpha value is -1.20. The Bertz CT molecular complexity index is 545. The largest absolute Gasteiger partial charge is 0.398 e. The van der Waals surface area contributed by atoms with E-state index in [1.165, 1.54) is 0 Å². The predicted octanol–water partition coefficient (Wildman–Crippen LogP) is 2.73. The highest BCUT2D eigenvalue weighted by atomic mass is 79.9. The zero-order chi connectivity index (χ0) is 12.3. The van der Waals surface area contributed by atoms with E-state index in [-0.39, 0.29) is 0 Å². The molecule has 0 aliphatic heterocycles. The van der Waals surface area contributed by atoms with E-state index in [9.17, 15) is 4.21 Å². The van der Waals surface area contributed by atoms with Gasteiger partial charge in [0.2, 0.25) is 0 Å². The summed E-state index contributed by atoms with van der Waals surface area (Å²) in [5.41, 5.74) is 7.36. The third-order valence-corrected chi connectivity index (χ3v) is 4.20. The molecule has 1 atom stereocenters. The van der Waals surface area contributed by atoms with Crippen LogP contribution in [0.5, 0.6) is 0 Å². The minimum atomic E-state index is -1.14. The highest BCUT2D eigenvalue weighted by molar-refractivity contribution is 9.10. The van der Waals surface area contributed by atoms with Gasteiger partial charge in [-0.15, -0.1) is 0 Å². The first-order chi connectivity index (χ1) is 8.16. The smallest absolute Gasteiger partial charge is 0.0632 e. The van der Waals surface area contributed by atoms with Crippen LogP contribution in [0.15, 0.2) is 52.1 Å². The minimum Gasteiger partial charge on any atom is -0.398 e. The van der Waals surface area contributed by atoms with Crippen molar-refractivity contribution in [3.8, 4) is 0 Å². The number of nitrogen functional groups attached to an aromatic ring is 1. The predicted molar refractivity (Wildman–Crippen MR) is 72.9 cm³/mol. The first-order valence-corrected chi connectivity index (χ1v) is 7.10. The normalized spacial score (nSPS) is 12.3. The maximum atomic E-state index is 12.2. The van der Waals surface area contributed by atoms with Crippen molar-refractivity contribution >= 4 is 32.4 Å². The Labute approximate surface area is 111 Å². The maximum absolute atomic E-state index is 12.2. The molecule has 0 fully saturated rings. The molecule has 0 radical (unpaired) electrons. The molecule has 2 N–H and O–H groups in total. The van der Waals surface area contributed by atoms with Crippen LogP contribution >= 0.6 is 15.9 Å². The number of benzene rings is 1. The molecule has 1 aromatic carbocycles. The van der Waals surface area contributed by atoms with Gasteiger partial charge in [-0.25, -0.2) is 0 Å². The Kier molecular flexibility index (Phi) is 3.91. The molecule has 0 amide bonds. The lowest BCUT2D eigenvalue weighted by atomic mass is 10.3. The number of rotatable bonds is 3. The summed E-state index contributed by atoms with van der Waals surface area (Å²) in [6, 6.07) is 9.09. The van der Waals surface area contributed by atoms with Gasteiger partial charge in [0.1, 0.15) is 0 Å². The number of aromatic nitrogens is 1. The van der Waals surface area contributed by atoms with Crippen molar-refractivity contribution in [1.29, 1.82) is 0 Å². The quantitative estimate of drug-likeness (QED) is 0.887. The zero-order valence-corrected chi connectivity index (χ0v) is 11.4. The molecule has 0 spiro atoms. The van der Waals surface area contributed by atoms with Gasteiger partial charge in [0.05, 0.1) is 21.4 Å². The number of hydrogen-bond donors (Lipinski definition) is 1. The highest BCUT2D eigenvalue weighted by Gasteiger charge is 2.09. The molecule has 3 nitrogen and oxygen atoms in total. The first-order valence-electron chi connectivity index (χ1n) is 4.99. The van der Waals surface area contributed by atoms with Crippen molar-refractivity contribution in [1.82, 2.24) is 4.98 Å². The molecule has 0 bridgehead atoms. The summed E-state index contributed by atoms with van der Waals surface area (Å²) >= 11 is 3.35. The van der Waals surface area contributed by atoms with Crippen LogP contribution in [0.2, 0.25) is 0 Å². The van der Waals surface area contributed by atoms with Gasteiger partial charge in [0.25, 0.3) is 0 Å². The second-order valence-electron chi connectivity index (χ2n) is 3.53. The van der Waals surface area contributed by atoms with E-state index in [0.29, 0.717) is 16.3 Å². The van der Waals surface area contributed by atoms with E-state index in [2.05, 4.69) is 20.9 Å². The maximum Gasteiger partial charge on any atom is 0.0632 e. The highest BCUT2D eigenvalue weighted by Crippen LogP contribution is 2.23. The van der Waals surface area contributed by atoms with Crippen LogP contribution in [0.3, 0.4) is 0 Å². The van der Waals surface area contributed by atoms with Crippen LogP contribution in [-0.4, -0.2) is 9.19 Å². The topological polar surface area (TPSA) is 56.0 Å². The Morgan fingerprint density at radius 1 is 1.24 bits per heavy atom. The molecular formula is C12H11BrN2OS. The third kappa shape index (κ3) is 3.14. The number of nitrogens with two attached hydrogens (primary N) is 1. The van der Waals surface area contributed by atoms with Gasteiger partial charge in [-0.05, 0) is 35.9 Å². The standard InChI is InChI=1S/C12H11BrN2OS/c13-10-1-2-11(14)12(7-10)17(16)8-9-3-5-15-6-4-9/h1-7H,8,14H2. The summed E-state index contributed by atoms with van der Waals surface area (Å²) in [6.45, 7) is 0. The van der Waals surface area contributed by atoms with Gasteiger partial charge in [-0.1, -0.05) is 15.9 Å². The van der Waals surface area contributed by atoms with Crippen LogP contribution in [0.1, 0.15) is 5.56 Å². The molecule has 1 aromatic heterocycles. The van der Waals surface area contributed by atoms with Gasteiger partial charge in [-0.2, -0.15) is 0 Å². The second-order valence-corrected chi connectivity index (χ2v) is 5.86. The average molecular weight is 311 g/mol. The minimum absolute atomic E-state index is 0.448. The Morgan fingerprint density at radius 2 is 1.94 bits per heavy atom. The van der Waals surface area contributed by atoms with Gasteiger partial charge in [-0.3, -0.25) is 9.19 Å². The van der Waals surface area contributed by atoms with E-state index < -0.39 is 10.8 Å². The Balaban J connectivity index is 2.23. The van der Waals surface area contributed by atoms with Gasteiger partial charge in [0.15, 0.2) is 0 Å². The number of hydrogen-bond acceptors (Lipinski definition) is 3. The van der Waals surface area contributed by atoms with Gasteiger partial charge in [0, 0.05) is 22.6 Å². The molecule has 0 saturated heterocycles. The summed E-state index contributed by atoms with van der Waals surface area (Å²) in [6.07, 6.45) is 3.38. The van der Waals surface area contributed by atoms with Crippen molar-refractivity contribution in [2.24, 2.45) is 0 Å². The van der Waals surface area contributed by atoms with E-state index in [4.69, 9.17) is 5.73 Å². The molecule has 2 rings (SSSR count). The van der Waals surface area contributed by atoms with E-state index in [0.717, 1.165) is 10.0 Å². The summed E-state index contributed by atoms with van der Waals surface area (Å²) in [5.74, 6) is 0.448. The summed E-state index contributed by atoms with van der Waals surface area (Å²) in [5, 5.41) is 0. The lowest BCUT2D eigenvalue weighted by Crippen LogP contribution is -2.01. The molecule has 0 aliphatic carbocycles. The lowest BCUT2D eigenvalue weighted by molar-refractivity contribution is 0.683. The number of halogens is 1. The van der Waals surface area contributed by atoms with Crippen LogP contribution in [-0.2, 0) is 16.6 Å². The van der Waals surface area contributed by atoms with Gasteiger partial charge >= 0.3 is 0 Å². The van der Waals surface area contributed by atoms with Crippen molar-refractivity contribution < 1.29 is 4.21 Å². The van der Waals surface area contributed by atoms with Crippen molar-refractivity contribution in [3.05, 3.63) is 52.8 Å². The monoisotopic (exact) mass is 310 g/mol. The number of nitrogens with zero attached hydrogens (tertiary/aromatic N) is 1. The van der Waals surface area contributed by atoms with Crippen molar-refractivity contribution in [2.45, 2.75) is 10.6 Å². The van der Waals surface area contributed by atoms with Crippen molar-refractivity contribution in [3.63, 3.8) is 0 Å². The molecule has 2 aromatic rings. The molecule has 0 saturated carbocycles.